The van der Waals surface area contributed by atoms with Gasteiger partial charge in [-0.1, -0.05) is 20.3 Å². The van der Waals surface area contributed by atoms with Crippen molar-refractivity contribution in [3.63, 3.8) is 0 Å². The molecule has 0 radical (unpaired) electrons. The second-order valence-electron chi connectivity index (χ2n) is 2.96. The lowest BCUT2D eigenvalue weighted by Crippen LogP contribution is -1.93. The van der Waals surface area contributed by atoms with Crippen LogP contribution >= 0.6 is 8.38 Å². The fraction of sp³-hybridized carbons (Fsp3) is 1.00. The van der Waals surface area contributed by atoms with E-state index in [-0.39, 0.29) is 0 Å². The lowest BCUT2D eigenvalue weighted by atomic mass is 10.1. The summed E-state index contributed by atoms with van der Waals surface area (Å²) in [6, 6.07) is 0. The minimum absolute atomic E-state index is 0.587. The Kier molecular flexibility index (Phi) is 7.25. The first-order valence-corrected chi connectivity index (χ1v) is 5.42. The number of hydrogen-bond acceptors (Lipinski definition) is 2. The van der Waals surface area contributed by atoms with Gasteiger partial charge in [0.05, 0.1) is 0 Å². The van der Waals surface area contributed by atoms with E-state index in [1.54, 1.807) is 14.2 Å². The summed E-state index contributed by atoms with van der Waals surface area (Å²) in [6.07, 6.45) is 3.55. The first-order chi connectivity index (χ1) is 5.20. The van der Waals surface area contributed by atoms with Gasteiger partial charge in [-0.25, -0.2) is 0 Å². The number of rotatable bonds is 6. The molecule has 11 heavy (non-hydrogen) atoms. The summed E-state index contributed by atoms with van der Waals surface area (Å²) in [4.78, 5) is 0. The molecule has 0 aromatic rings. The van der Waals surface area contributed by atoms with Crippen LogP contribution in [0, 0.1) is 5.92 Å². The molecule has 0 aliphatic heterocycles. The molecule has 0 aliphatic rings. The fourth-order valence-electron chi connectivity index (χ4n) is 0.886. The first-order valence-electron chi connectivity index (χ1n) is 4.06. The van der Waals surface area contributed by atoms with Gasteiger partial charge in [0.2, 0.25) is 0 Å². The van der Waals surface area contributed by atoms with Crippen molar-refractivity contribution >= 4 is 8.38 Å². The molecule has 0 aromatic heterocycles. The third-order valence-corrected chi connectivity index (χ3v) is 3.03. The highest BCUT2D eigenvalue weighted by Gasteiger charge is 2.05. The minimum Gasteiger partial charge on any atom is -0.337 e. The number of hydrogen-bond donors (Lipinski definition) is 0. The molecule has 0 aliphatic carbocycles. The summed E-state index contributed by atoms with van der Waals surface area (Å²) in [5.41, 5.74) is 0. The molecule has 0 rings (SSSR count). The fourth-order valence-corrected chi connectivity index (χ4v) is 1.84. The lowest BCUT2D eigenvalue weighted by molar-refractivity contribution is 0.338. The van der Waals surface area contributed by atoms with Crippen LogP contribution in [0.1, 0.15) is 26.7 Å². The Bertz CT molecular complexity index is 82.2. The van der Waals surface area contributed by atoms with E-state index in [1.807, 2.05) is 0 Å². The van der Waals surface area contributed by atoms with Crippen molar-refractivity contribution < 1.29 is 9.05 Å². The van der Waals surface area contributed by atoms with Crippen molar-refractivity contribution in [2.24, 2.45) is 5.92 Å². The van der Waals surface area contributed by atoms with Crippen LogP contribution in [0.4, 0.5) is 0 Å². The van der Waals surface area contributed by atoms with Gasteiger partial charge in [0.1, 0.15) is 0 Å². The van der Waals surface area contributed by atoms with Gasteiger partial charge in [-0.2, -0.15) is 0 Å². The van der Waals surface area contributed by atoms with E-state index < -0.39 is 8.38 Å². The van der Waals surface area contributed by atoms with Crippen molar-refractivity contribution in [3.05, 3.63) is 0 Å². The molecule has 0 N–H and O–H groups in total. The van der Waals surface area contributed by atoms with Crippen LogP contribution < -0.4 is 0 Å². The van der Waals surface area contributed by atoms with Crippen molar-refractivity contribution in [3.8, 4) is 0 Å². The Morgan fingerprint density at radius 3 is 2.09 bits per heavy atom. The molecule has 0 unspecified atom stereocenters. The van der Waals surface area contributed by atoms with E-state index >= 15 is 0 Å². The van der Waals surface area contributed by atoms with E-state index in [0.29, 0.717) is 0 Å². The standard InChI is InChI=1S/C8H19O2P/c1-8(2)6-5-7-11(9-3)10-4/h8H,5-7H2,1-4H3. The van der Waals surface area contributed by atoms with Crippen LogP contribution in [0.25, 0.3) is 0 Å². The maximum absolute atomic E-state index is 5.12. The zero-order valence-electron chi connectivity index (χ0n) is 7.96. The van der Waals surface area contributed by atoms with Gasteiger partial charge in [-0.3, -0.25) is 0 Å². The van der Waals surface area contributed by atoms with Crippen LogP contribution in [0.3, 0.4) is 0 Å². The van der Waals surface area contributed by atoms with Gasteiger partial charge >= 0.3 is 0 Å². The second-order valence-corrected chi connectivity index (χ2v) is 4.80. The Morgan fingerprint density at radius 2 is 1.73 bits per heavy atom. The van der Waals surface area contributed by atoms with Crippen LogP contribution in [-0.4, -0.2) is 20.4 Å². The molecule has 0 aromatic carbocycles. The molecule has 0 amide bonds. The molecular weight excluding hydrogens is 159 g/mol. The zero-order chi connectivity index (χ0) is 8.69. The second kappa shape index (κ2) is 7.02. The predicted octanol–water partition coefficient (Wildman–Crippen LogP) is 3.03. The van der Waals surface area contributed by atoms with Crippen molar-refractivity contribution in [2.75, 3.05) is 20.4 Å². The maximum atomic E-state index is 5.12. The summed E-state index contributed by atoms with van der Waals surface area (Å²) in [7, 11) is 2.84. The third kappa shape index (κ3) is 6.74. The molecule has 0 saturated heterocycles. The minimum atomic E-state index is -0.587. The lowest BCUT2D eigenvalue weighted by Gasteiger charge is -2.12. The molecule has 0 heterocycles. The monoisotopic (exact) mass is 178 g/mol. The Balaban J connectivity index is 3.21. The van der Waals surface area contributed by atoms with Crippen molar-refractivity contribution in [1.82, 2.24) is 0 Å². The van der Waals surface area contributed by atoms with Crippen LogP contribution in [0.2, 0.25) is 0 Å². The molecule has 0 spiro atoms. The van der Waals surface area contributed by atoms with Gasteiger partial charge in [0.15, 0.2) is 8.38 Å². The van der Waals surface area contributed by atoms with Crippen LogP contribution in [0.5, 0.6) is 0 Å². The summed E-state index contributed by atoms with van der Waals surface area (Å²) in [6.45, 7) is 4.48. The van der Waals surface area contributed by atoms with Gasteiger partial charge in [0, 0.05) is 20.4 Å². The quantitative estimate of drug-likeness (QED) is 0.582. The van der Waals surface area contributed by atoms with Gasteiger partial charge in [0.25, 0.3) is 0 Å². The summed E-state index contributed by atoms with van der Waals surface area (Å²) >= 11 is 0. The van der Waals surface area contributed by atoms with Crippen LogP contribution in [0.15, 0.2) is 0 Å². The van der Waals surface area contributed by atoms with Gasteiger partial charge in [-0.15, -0.1) is 0 Å². The van der Waals surface area contributed by atoms with E-state index in [4.69, 9.17) is 9.05 Å². The summed E-state index contributed by atoms with van der Waals surface area (Å²) in [5.74, 6) is 0.792. The average Bonchev–Trinajstić information content (AvgIpc) is 1.98. The third-order valence-electron chi connectivity index (χ3n) is 1.53. The maximum Gasteiger partial charge on any atom is 0.169 e. The molecule has 68 valence electrons. The molecular formula is C8H19O2P. The Morgan fingerprint density at radius 1 is 1.18 bits per heavy atom. The topological polar surface area (TPSA) is 18.5 Å². The van der Waals surface area contributed by atoms with E-state index in [0.717, 1.165) is 12.1 Å². The largest absolute Gasteiger partial charge is 0.337 e. The molecule has 2 nitrogen and oxygen atoms in total. The highest BCUT2D eigenvalue weighted by Crippen LogP contribution is 2.37. The smallest absolute Gasteiger partial charge is 0.169 e. The molecule has 0 bridgehead atoms. The molecule has 0 fully saturated rings. The van der Waals surface area contributed by atoms with E-state index in [9.17, 15) is 0 Å². The average molecular weight is 178 g/mol. The highest BCUT2D eigenvalue weighted by molar-refractivity contribution is 7.47. The Labute approximate surface area is 71.2 Å². The zero-order valence-corrected chi connectivity index (χ0v) is 8.86. The van der Waals surface area contributed by atoms with E-state index in [1.165, 1.54) is 12.8 Å². The molecule has 0 saturated carbocycles. The molecule has 0 atom stereocenters. The normalized spacial score (nSPS) is 11.5. The molecule has 3 heteroatoms. The van der Waals surface area contributed by atoms with Crippen LogP contribution in [-0.2, 0) is 9.05 Å². The van der Waals surface area contributed by atoms with Crippen molar-refractivity contribution in [1.29, 1.82) is 0 Å². The summed E-state index contributed by atoms with van der Waals surface area (Å²) in [5, 5.41) is 0. The van der Waals surface area contributed by atoms with Gasteiger partial charge < -0.3 is 9.05 Å². The van der Waals surface area contributed by atoms with E-state index in [2.05, 4.69) is 13.8 Å². The predicted molar refractivity (Wildman–Crippen MR) is 49.9 cm³/mol. The SMILES string of the molecule is COP(CCCC(C)C)OC. The van der Waals surface area contributed by atoms with Crippen molar-refractivity contribution in [2.45, 2.75) is 26.7 Å². The summed E-state index contributed by atoms with van der Waals surface area (Å²) < 4.78 is 10.2. The highest BCUT2D eigenvalue weighted by atomic mass is 31.2. The Hall–Kier alpha value is 0.350. The van der Waals surface area contributed by atoms with Gasteiger partial charge in [-0.05, 0) is 12.3 Å². The first kappa shape index (κ1) is 11.4.